The first-order valence-corrected chi connectivity index (χ1v) is 9.13. The van der Waals surface area contributed by atoms with Crippen molar-refractivity contribution < 1.29 is 4.79 Å². The third-order valence-corrected chi connectivity index (χ3v) is 5.39. The molecule has 0 aliphatic carbocycles. The average molecular weight is 325 g/mol. The molecule has 0 N–H and O–H groups in total. The van der Waals surface area contributed by atoms with Crippen LogP contribution in [0.3, 0.4) is 0 Å². The maximum absolute atomic E-state index is 12.5. The van der Waals surface area contributed by atoms with Gasteiger partial charge >= 0.3 is 0 Å². The number of carbonyl (C=O) groups is 1. The van der Waals surface area contributed by atoms with Crippen LogP contribution in [-0.2, 0) is 11.2 Å². The zero-order chi connectivity index (χ0) is 16.1. The summed E-state index contributed by atoms with van der Waals surface area (Å²) in [4.78, 5) is 17.0. The minimum atomic E-state index is 0.159. The SMILES string of the molecule is Cc1ccc(/C=C\C(=O)N2CCC[C@@H]2CCc2ccccc2)s1. The number of carbonyl (C=O) groups excluding carboxylic acids is 1. The second-order valence-electron chi connectivity index (χ2n) is 6.13. The van der Waals surface area contributed by atoms with Crippen LogP contribution in [0.15, 0.2) is 48.5 Å². The molecule has 2 heterocycles. The van der Waals surface area contributed by atoms with Gasteiger partial charge in [0.2, 0.25) is 5.91 Å². The van der Waals surface area contributed by atoms with E-state index in [0.29, 0.717) is 6.04 Å². The number of aryl methyl sites for hydroxylation is 2. The molecule has 1 aliphatic heterocycles. The van der Waals surface area contributed by atoms with E-state index in [4.69, 9.17) is 0 Å². The Morgan fingerprint density at radius 2 is 2.09 bits per heavy atom. The largest absolute Gasteiger partial charge is 0.336 e. The zero-order valence-electron chi connectivity index (χ0n) is 13.6. The van der Waals surface area contributed by atoms with E-state index < -0.39 is 0 Å². The number of nitrogens with zero attached hydrogens (tertiary/aromatic N) is 1. The summed E-state index contributed by atoms with van der Waals surface area (Å²) in [5.74, 6) is 0.159. The number of hydrogen-bond acceptors (Lipinski definition) is 2. The summed E-state index contributed by atoms with van der Waals surface area (Å²) >= 11 is 1.72. The molecule has 0 radical (unpaired) electrons. The number of amides is 1. The van der Waals surface area contributed by atoms with E-state index in [1.807, 2.05) is 12.1 Å². The molecule has 1 amide bonds. The first-order chi connectivity index (χ1) is 11.2. The highest BCUT2D eigenvalue weighted by Gasteiger charge is 2.26. The summed E-state index contributed by atoms with van der Waals surface area (Å²) in [6.07, 6.45) is 8.05. The normalized spacial score (nSPS) is 18.0. The van der Waals surface area contributed by atoms with E-state index in [0.717, 1.165) is 37.1 Å². The Morgan fingerprint density at radius 1 is 1.26 bits per heavy atom. The van der Waals surface area contributed by atoms with Gasteiger partial charge in [0.25, 0.3) is 0 Å². The third kappa shape index (κ3) is 4.32. The molecule has 1 atom stereocenters. The summed E-state index contributed by atoms with van der Waals surface area (Å²) < 4.78 is 0. The molecule has 0 bridgehead atoms. The Bertz CT molecular complexity index is 674. The highest BCUT2D eigenvalue weighted by atomic mass is 32.1. The first-order valence-electron chi connectivity index (χ1n) is 8.31. The molecule has 1 fully saturated rings. The van der Waals surface area contributed by atoms with Gasteiger partial charge in [0.05, 0.1) is 0 Å². The molecule has 3 heteroatoms. The van der Waals surface area contributed by atoms with E-state index in [-0.39, 0.29) is 5.91 Å². The lowest BCUT2D eigenvalue weighted by Gasteiger charge is -2.23. The maximum Gasteiger partial charge on any atom is 0.246 e. The molecule has 2 nitrogen and oxygen atoms in total. The van der Waals surface area contributed by atoms with Crippen LogP contribution in [0, 0.1) is 6.92 Å². The van der Waals surface area contributed by atoms with Gasteiger partial charge in [0.1, 0.15) is 0 Å². The monoisotopic (exact) mass is 325 g/mol. The first kappa shape index (κ1) is 16.0. The molecule has 1 saturated heterocycles. The molecule has 1 aliphatic rings. The van der Waals surface area contributed by atoms with Crippen molar-refractivity contribution in [1.82, 2.24) is 4.90 Å². The molecule has 0 saturated carbocycles. The van der Waals surface area contributed by atoms with Crippen LogP contribution in [0.4, 0.5) is 0 Å². The predicted molar refractivity (Wildman–Crippen MR) is 97.6 cm³/mol. The van der Waals surface area contributed by atoms with Crippen molar-refractivity contribution in [2.24, 2.45) is 0 Å². The van der Waals surface area contributed by atoms with E-state index in [1.54, 1.807) is 17.4 Å². The summed E-state index contributed by atoms with van der Waals surface area (Å²) in [6, 6.07) is 15.1. The molecule has 2 aromatic rings. The Hall–Kier alpha value is -1.87. The van der Waals surface area contributed by atoms with Gasteiger partial charge in [-0.3, -0.25) is 4.79 Å². The van der Waals surface area contributed by atoms with Crippen LogP contribution in [0.1, 0.15) is 34.6 Å². The maximum atomic E-state index is 12.5. The number of thiophene rings is 1. The van der Waals surface area contributed by atoms with Crippen LogP contribution in [0.5, 0.6) is 0 Å². The van der Waals surface area contributed by atoms with Crippen LogP contribution < -0.4 is 0 Å². The van der Waals surface area contributed by atoms with Gasteiger partial charge in [-0.05, 0) is 56.4 Å². The highest BCUT2D eigenvalue weighted by Crippen LogP contribution is 2.23. The Kier molecular flexibility index (Phi) is 5.29. The smallest absolute Gasteiger partial charge is 0.246 e. The van der Waals surface area contributed by atoms with Crippen molar-refractivity contribution in [3.8, 4) is 0 Å². The fraction of sp³-hybridized carbons (Fsp3) is 0.350. The van der Waals surface area contributed by atoms with Crippen molar-refractivity contribution in [3.05, 3.63) is 63.9 Å². The predicted octanol–water partition coefficient (Wildman–Crippen LogP) is 4.69. The van der Waals surface area contributed by atoms with Crippen molar-refractivity contribution in [2.45, 2.75) is 38.6 Å². The number of hydrogen-bond donors (Lipinski definition) is 0. The molecule has 23 heavy (non-hydrogen) atoms. The lowest BCUT2D eigenvalue weighted by atomic mass is 10.0. The lowest BCUT2D eigenvalue weighted by molar-refractivity contribution is -0.126. The Morgan fingerprint density at radius 3 is 2.83 bits per heavy atom. The Balaban J connectivity index is 1.57. The third-order valence-electron chi connectivity index (χ3n) is 4.42. The van der Waals surface area contributed by atoms with Crippen molar-refractivity contribution in [2.75, 3.05) is 6.54 Å². The van der Waals surface area contributed by atoms with Crippen molar-refractivity contribution in [3.63, 3.8) is 0 Å². The summed E-state index contributed by atoms with van der Waals surface area (Å²) in [5, 5.41) is 0. The van der Waals surface area contributed by atoms with Crippen LogP contribution in [-0.4, -0.2) is 23.4 Å². The van der Waals surface area contributed by atoms with Gasteiger partial charge in [0, 0.05) is 28.4 Å². The molecule has 120 valence electrons. The molecule has 0 spiro atoms. The molecular formula is C20H23NOS. The van der Waals surface area contributed by atoms with Gasteiger partial charge in [-0.2, -0.15) is 0 Å². The second kappa shape index (κ2) is 7.60. The summed E-state index contributed by atoms with van der Waals surface area (Å²) in [6.45, 7) is 2.98. The highest BCUT2D eigenvalue weighted by molar-refractivity contribution is 7.12. The fourth-order valence-corrected chi connectivity index (χ4v) is 3.98. The quantitative estimate of drug-likeness (QED) is 0.730. The van der Waals surface area contributed by atoms with Gasteiger partial charge in [-0.1, -0.05) is 30.3 Å². The van der Waals surface area contributed by atoms with Crippen LogP contribution >= 0.6 is 11.3 Å². The molecule has 1 aromatic heterocycles. The van der Waals surface area contributed by atoms with E-state index >= 15 is 0 Å². The topological polar surface area (TPSA) is 20.3 Å². The van der Waals surface area contributed by atoms with Gasteiger partial charge in [-0.15, -0.1) is 11.3 Å². The van der Waals surface area contributed by atoms with Crippen LogP contribution in [0.25, 0.3) is 6.08 Å². The minimum absolute atomic E-state index is 0.159. The van der Waals surface area contributed by atoms with Gasteiger partial charge in [0.15, 0.2) is 0 Å². The van der Waals surface area contributed by atoms with Crippen LogP contribution in [0.2, 0.25) is 0 Å². The Labute approximate surface area is 142 Å². The van der Waals surface area contributed by atoms with Crippen molar-refractivity contribution >= 4 is 23.3 Å². The van der Waals surface area contributed by atoms with Gasteiger partial charge in [-0.25, -0.2) is 0 Å². The molecular weight excluding hydrogens is 302 g/mol. The van der Waals surface area contributed by atoms with Gasteiger partial charge < -0.3 is 4.90 Å². The standard InChI is InChI=1S/C20H23NOS/c1-16-9-12-19(23-16)13-14-20(22)21-15-5-8-18(21)11-10-17-6-3-2-4-7-17/h2-4,6-7,9,12-14,18H,5,8,10-11,15H2,1H3/b14-13-/t18-/m1/s1. The zero-order valence-corrected chi connectivity index (χ0v) is 14.4. The number of likely N-dealkylation sites (tertiary alicyclic amines) is 1. The minimum Gasteiger partial charge on any atom is -0.336 e. The molecule has 3 rings (SSSR count). The second-order valence-corrected chi connectivity index (χ2v) is 7.45. The summed E-state index contributed by atoms with van der Waals surface area (Å²) in [5.41, 5.74) is 1.36. The number of benzene rings is 1. The fourth-order valence-electron chi connectivity index (χ4n) is 3.20. The molecule has 0 unspecified atom stereocenters. The lowest BCUT2D eigenvalue weighted by Crippen LogP contribution is -2.34. The molecule has 1 aromatic carbocycles. The summed E-state index contributed by atoms with van der Waals surface area (Å²) in [7, 11) is 0. The average Bonchev–Trinajstić information content (AvgIpc) is 3.20. The van der Waals surface area contributed by atoms with Crippen molar-refractivity contribution in [1.29, 1.82) is 0 Å². The van der Waals surface area contributed by atoms with E-state index in [1.165, 1.54) is 10.4 Å². The van der Waals surface area contributed by atoms with E-state index in [2.05, 4.69) is 48.2 Å². The number of rotatable bonds is 5. The van der Waals surface area contributed by atoms with E-state index in [9.17, 15) is 4.79 Å².